The lowest BCUT2D eigenvalue weighted by molar-refractivity contribution is -0.384. The topological polar surface area (TPSA) is 84.3 Å². The van der Waals surface area contributed by atoms with Crippen LogP contribution >= 0.6 is 0 Å². The van der Waals surface area contributed by atoms with Gasteiger partial charge in [-0.25, -0.2) is 0 Å². The number of para-hydroxylation sites is 1. The highest BCUT2D eigenvalue weighted by molar-refractivity contribution is 6.00. The molecule has 16 heavy (non-hydrogen) atoms. The number of nitrogens with one attached hydrogen (secondary N) is 2. The molecule has 0 saturated carbocycles. The second-order valence-corrected chi connectivity index (χ2v) is 3.07. The van der Waals surface area contributed by atoms with Crippen molar-refractivity contribution in [1.29, 1.82) is 0 Å². The molecular weight excluding hydrogens is 210 g/mol. The fraction of sp³-hybridized carbons (Fsp3) is 0.300. The van der Waals surface area contributed by atoms with E-state index in [2.05, 4.69) is 10.6 Å². The van der Waals surface area contributed by atoms with Gasteiger partial charge in [0.2, 0.25) is 0 Å². The molecule has 0 heterocycles. The van der Waals surface area contributed by atoms with Crippen LogP contribution in [0.2, 0.25) is 0 Å². The van der Waals surface area contributed by atoms with E-state index in [9.17, 15) is 14.9 Å². The number of nitro benzene ring substituents is 1. The van der Waals surface area contributed by atoms with Gasteiger partial charge < -0.3 is 10.6 Å². The minimum atomic E-state index is -0.553. The van der Waals surface area contributed by atoms with E-state index in [1.807, 2.05) is 6.92 Å². The van der Waals surface area contributed by atoms with Crippen molar-refractivity contribution in [3.63, 3.8) is 0 Å². The fourth-order valence-electron chi connectivity index (χ4n) is 1.39. The Labute approximate surface area is 92.8 Å². The second kappa shape index (κ2) is 5.11. The third kappa shape index (κ3) is 2.28. The zero-order valence-electron chi connectivity index (χ0n) is 9.11. The van der Waals surface area contributed by atoms with Crippen molar-refractivity contribution in [2.45, 2.75) is 6.92 Å². The van der Waals surface area contributed by atoms with E-state index < -0.39 is 10.8 Å². The summed E-state index contributed by atoms with van der Waals surface area (Å²) < 4.78 is 0. The molecule has 2 N–H and O–H groups in total. The van der Waals surface area contributed by atoms with Crippen LogP contribution in [0.5, 0.6) is 0 Å². The lowest BCUT2D eigenvalue weighted by atomic mass is 10.1. The van der Waals surface area contributed by atoms with Crippen LogP contribution in [0.3, 0.4) is 0 Å². The zero-order chi connectivity index (χ0) is 12.1. The van der Waals surface area contributed by atoms with E-state index in [1.165, 1.54) is 13.1 Å². The first kappa shape index (κ1) is 12.0. The van der Waals surface area contributed by atoms with Gasteiger partial charge in [-0.3, -0.25) is 14.9 Å². The Morgan fingerprint density at radius 2 is 2.19 bits per heavy atom. The SMILES string of the molecule is CCNc1cccc(C(=O)NC)c1[N+](=O)[O-]. The number of carbonyl (C=O) groups excluding carboxylic acids is 1. The summed E-state index contributed by atoms with van der Waals surface area (Å²) in [4.78, 5) is 21.8. The maximum absolute atomic E-state index is 11.5. The van der Waals surface area contributed by atoms with Gasteiger partial charge in [0.25, 0.3) is 5.91 Å². The highest BCUT2D eigenvalue weighted by Crippen LogP contribution is 2.28. The van der Waals surface area contributed by atoms with Gasteiger partial charge in [-0.2, -0.15) is 0 Å². The van der Waals surface area contributed by atoms with E-state index in [1.54, 1.807) is 12.1 Å². The standard InChI is InChI=1S/C10H13N3O3/c1-3-12-8-6-4-5-7(10(14)11-2)9(8)13(15)16/h4-6,12H,3H2,1-2H3,(H,11,14). The van der Waals surface area contributed by atoms with Gasteiger partial charge in [-0.15, -0.1) is 0 Å². The van der Waals surface area contributed by atoms with Crippen molar-refractivity contribution in [1.82, 2.24) is 5.32 Å². The van der Waals surface area contributed by atoms with E-state index in [0.717, 1.165) is 0 Å². The Morgan fingerprint density at radius 3 is 2.69 bits per heavy atom. The number of anilines is 1. The first-order chi connectivity index (χ1) is 7.61. The largest absolute Gasteiger partial charge is 0.380 e. The van der Waals surface area contributed by atoms with Crippen LogP contribution in [0.15, 0.2) is 18.2 Å². The van der Waals surface area contributed by atoms with Crippen LogP contribution in [0.25, 0.3) is 0 Å². The van der Waals surface area contributed by atoms with E-state index >= 15 is 0 Å². The quantitative estimate of drug-likeness (QED) is 0.596. The minimum Gasteiger partial charge on any atom is -0.380 e. The van der Waals surface area contributed by atoms with Gasteiger partial charge in [0.05, 0.1) is 4.92 Å². The van der Waals surface area contributed by atoms with Crippen molar-refractivity contribution in [2.24, 2.45) is 0 Å². The Morgan fingerprint density at radius 1 is 1.50 bits per heavy atom. The van der Waals surface area contributed by atoms with Gasteiger partial charge in [-0.05, 0) is 19.1 Å². The summed E-state index contributed by atoms with van der Waals surface area (Å²) in [5.74, 6) is -0.466. The molecule has 0 aromatic heterocycles. The summed E-state index contributed by atoms with van der Waals surface area (Å²) >= 11 is 0. The molecule has 0 aliphatic carbocycles. The van der Waals surface area contributed by atoms with Crippen molar-refractivity contribution < 1.29 is 9.72 Å². The molecule has 0 bridgehead atoms. The molecule has 0 saturated heterocycles. The summed E-state index contributed by atoms with van der Waals surface area (Å²) in [6.45, 7) is 2.38. The molecule has 1 aromatic rings. The smallest absolute Gasteiger partial charge is 0.305 e. The summed E-state index contributed by atoms with van der Waals surface area (Å²) in [6, 6.07) is 4.61. The Bertz CT molecular complexity index is 418. The number of carbonyl (C=O) groups is 1. The van der Waals surface area contributed by atoms with Crippen LogP contribution in [0.1, 0.15) is 17.3 Å². The number of amides is 1. The molecular formula is C10H13N3O3. The number of benzene rings is 1. The number of nitrogens with zero attached hydrogens (tertiary/aromatic N) is 1. The molecule has 0 radical (unpaired) electrons. The minimum absolute atomic E-state index is 0.0611. The van der Waals surface area contributed by atoms with Crippen LogP contribution in [-0.2, 0) is 0 Å². The molecule has 1 rings (SSSR count). The van der Waals surface area contributed by atoms with Gasteiger partial charge in [0.15, 0.2) is 0 Å². The molecule has 1 amide bonds. The van der Waals surface area contributed by atoms with Crippen LogP contribution in [0.4, 0.5) is 11.4 Å². The lowest BCUT2D eigenvalue weighted by Gasteiger charge is -2.07. The first-order valence-electron chi connectivity index (χ1n) is 4.85. The predicted octanol–water partition coefficient (Wildman–Crippen LogP) is 1.39. The lowest BCUT2D eigenvalue weighted by Crippen LogP contribution is -2.19. The summed E-state index contributed by atoms with van der Waals surface area (Å²) in [5.41, 5.74) is 0.225. The van der Waals surface area contributed by atoms with E-state index in [0.29, 0.717) is 12.2 Å². The second-order valence-electron chi connectivity index (χ2n) is 3.07. The van der Waals surface area contributed by atoms with Gasteiger partial charge in [-0.1, -0.05) is 6.07 Å². The summed E-state index contributed by atoms with van der Waals surface area (Å²) in [6.07, 6.45) is 0. The molecule has 86 valence electrons. The average molecular weight is 223 g/mol. The van der Waals surface area contributed by atoms with Gasteiger partial charge in [0.1, 0.15) is 11.3 Å². The number of nitro groups is 1. The van der Waals surface area contributed by atoms with Crippen molar-refractivity contribution >= 4 is 17.3 Å². The fourth-order valence-corrected chi connectivity index (χ4v) is 1.39. The van der Waals surface area contributed by atoms with Crippen molar-refractivity contribution in [3.05, 3.63) is 33.9 Å². The first-order valence-corrected chi connectivity index (χ1v) is 4.85. The molecule has 0 aliphatic rings. The number of hydrogen-bond acceptors (Lipinski definition) is 4. The summed E-state index contributed by atoms with van der Waals surface area (Å²) in [5, 5.41) is 16.2. The number of rotatable bonds is 4. The average Bonchev–Trinajstić information content (AvgIpc) is 2.27. The zero-order valence-corrected chi connectivity index (χ0v) is 9.11. The van der Waals surface area contributed by atoms with Gasteiger partial charge in [0, 0.05) is 13.6 Å². The molecule has 6 heteroatoms. The van der Waals surface area contributed by atoms with Crippen molar-refractivity contribution in [2.75, 3.05) is 18.9 Å². The maximum atomic E-state index is 11.5. The molecule has 0 atom stereocenters. The highest BCUT2D eigenvalue weighted by atomic mass is 16.6. The van der Waals surface area contributed by atoms with Crippen LogP contribution in [0, 0.1) is 10.1 Å². The third-order valence-corrected chi connectivity index (χ3v) is 2.06. The monoisotopic (exact) mass is 223 g/mol. The number of hydrogen-bond donors (Lipinski definition) is 2. The maximum Gasteiger partial charge on any atom is 0.305 e. The molecule has 0 spiro atoms. The van der Waals surface area contributed by atoms with Crippen molar-refractivity contribution in [3.8, 4) is 0 Å². The Hall–Kier alpha value is -2.11. The third-order valence-electron chi connectivity index (χ3n) is 2.06. The molecule has 6 nitrogen and oxygen atoms in total. The molecule has 0 fully saturated rings. The molecule has 0 aliphatic heterocycles. The summed E-state index contributed by atoms with van der Waals surface area (Å²) in [7, 11) is 1.44. The Balaban J connectivity index is 3.32. The molecule has 1 aromatic carbocycles. The van der Waals surface area contributed by atoms with Crippen LogP contribution in [-0.4, -0.2) is 24.4 Å². The predicted molar refractivity (Wildman–Crippen MR) is 60.7 cm³/mol. The van der Waals surface area contributed by atoms with Crippen LogP contribution < -0.4 is 10.6 Å². The van der Waals surface area contributed by atoms with E-state index in [4.69, 9.17) is 0 Å². The highest BCUT2D eigenvalue weighted by Gasteiger charge is 2.23. The normalized spacial score (nSPS) is 9.62. The Kier molecular flexibility index (Phi) is 3.82. The van der Waals surface area contributed by atoms with E-state index in [-0.39, 0.29) is 11.3 Å². The molecule has 0 unspecified atom stereocenters. The van der Waals surface area contributed by atoms with Gasteiger partial charge >= 0.3 is 5.69 Å².